The summed E-state index contributed by atoms with van der Waals surface area (Å²) in [6.07, 6.45) is 0.178. The zero-order valence-corrected chi connectivity index (χ0v) is 20.4. The monoisotopic (exact) mass is 499 g/mol. The van der Waals surface area contributed by atoms with Gasteiger partial charge in [0.25, 0.3) is 5.91 Å². The molecule has 4 rings (SSSR count). The van der Waals surface area contributed by atoms with Crippen LogP contribution in [-0.2, 0) is 23.0 Å². The summed E-state index contributed by atoms with van der Waals surface area (Å²) < 4.78 is 6.75. The van der Waals surface area contributed by atoms with E-state index in [-0.39, 0.29) is 23.5 Å². The molecule has 0 spiro atoms. The molecule has 0 radical (unpaired) electrons. The summed E-state index contributed by atoms with van der Waals surface area (Å²) in [4.78, 5) is 33.4. The summed E-state index contributed by atoms with van der Waals surface area (Å²) in [5.41, 5.74) is 4.35. The Bertz CT molecular complexity index is 1500. The number of fused-ring (bicyclic) bond motifs is 1. The lowest BCUT2D eigenvalue weighted by molar-refractivity contribution is -0.142. The van der Waals surface area contributed by atoms with Crippen molar-refractivity contribution in [1.29, 1.82) is 5.26 Å². The number of esters is 1. The first-order chi connectivity index (χ1) is 17.4. The topological polar surface area (TPSA) is 109 Å². The number of rotatable bonds is 7. The number of aliphatic imine (C=N–C) groups is 1. The number of carbonyl (C=O) groups excluding carboxylic acids is 2. The molecular weight excluding hydrogens is 478 g/mol. The Morgan fingerprint density at radius 1 is 1.11 bits per heavy atom. The Balaban J connectivity index is 1.51. The molecule has 0 saturated heterocycles. The first-order valence-corrected chi connectivity index (χ1v) is 11.5. The lowest BCUT2D eigenvalue weighted by Gasteiger charge is -2.07. The van der Waals surface area contributed by atoms with Crippen LogP contribution in [0.3, 0.4) is 0 Å². The van der Waals surface area contributed by atoms with Gasteiger partial charge in [0.1, 0.15) is 0 Å². The minimum Gasteiger partial charge on any atom is -0.466 e. The number of anilines is 1. The Kier molecular flexibility index (Phi) is 7.42. The smallest absolute Gasteiger partial charge is 0.310 e. The summed E-state index contributed by atoms with van der Waals surface area (Å²) >= 11 is 6.46. The van der Waals surface area contributed by atoms with Crippen LogP contribution in [0.2, 0.25) is 0 Å². The van der Waals surface area contributed by atoms with Crippen LogP contribution in [0.4, 0.5) is 11.4 Å². The second-order valence-electron chi connectivity index (χ2n) is 7.89. The molecule has 0 fully saturated rings. The third-order valence-corrected chi connectivity index (χ3v) is 5.67. The van der Waals surface area contributed by atoms with Gasteiger partial charge >= 0.3 is 5.97 Å². The van der Waals surface area contributed by atoms with Crippen molar-refractivity contribution in [1.82, 2.24) is 9.55 Å². The highest BCUT2D eigenvalue weighted by molar-refractivity contribution is 6.69. The third-order valence-electron chi connectivity index (χ3n) is 5.42. The molecule has 1 amide bonds. The van der Waals surface area contributed by atoms with Crippen LogP contribution in [0.15, 0.2) is 71.7 Å². The normalized spacial score (nSPS) is 11.2. The first kappa shape index (κ1) is 24.6. The van der Waals surface area contributed by atoms with E-state index >= 15 is 0 Å². The molecule has 0 aliphatic rings. The fourth-order valence-electron chi connectivity index (χ4n) is 3.59. The Hall–Kier alpha value is -4.48. The zero-order chi connectivity index (χ0) is 25.7. The van der Waals surface area contributed by atoms with E-state index in [9.17, 15) is 9.59 Å². The van der Waals surface area contributed by atoms with Crippen LogP contribution in [-0.4, -0.2) is 33.2 Å². The van der Waals surface area contributed by atoms with Crippen molar-refractivity contribution in [2.45, 2.75) is 13.3 Å². The molecule has 0 atom stereocenters. The number of halogens is 1. The van der Waals surface area contributed by atoms with Crippen molar-refractivity contribution in [3.8, 4) is 6.07 Å². The molecule has 36 heavy (non-hydrogen) atoms. The Morgan fingerprint density at radius 2 is 1.83 bits per heavy atom. The van der Waals surface area contributed by atoms with Gasteiger partial charge in [0.2, 0.25) is 0 Å². The summed E-state index contributed by atoms with van der Waals surface area (Å²) in [5.74, 6) is -0.135. The molecule has 1 heterocycles. The predicted octanol–water partition coefficient (Wildman–Crippen LogP) is 5.12. The number of nitrogens with zero attached hydrogens (tertiary/aromatic N) is 4. The standard InChI is InChI=1S/C27H22ClN5O3/c1-3-36-24(34)14-17-4-9-21(10-5-17)31-27(35)19-8-13-23-22(15-19)32-26(33(23)2)25(28)30-20-11-6-18(16-29)7-12-20/h4-13,15H,3,14H2,1-2H3,(H,31,35). The van der Waals surface area contributed by atoms with Gasteiger partial charge in [0.05, 0.1) is 41.4 Å². The number of ether oxygens (including phenoxy) is 1. The SMILES string of the molecule is CCOC(=O)Cc1ccc(NC(=O)c2ccc3c(c2)nc(C(Cl)=Nc2ccc(C#N)cc2)n3C)cc1. The van der Waals surface area contributed by atoms with E-state index in [0.717, 1.165) is 11.1 Å². The largest absolute Gasteiger partial charge is 0.466 e. The molecular formula is C27H22ClN5O3. The van der Waals surface area contributed by atoms with Gasteiger partial charge in [0.15, 0.2) is 11.0 Å². The van der Waals surface area contributed by atoms with Crippen molar-refractivity contribution < 1.29 is 14.3 Å². The molecule has 0 unspecified atom stereocenters. The number of hydrogen-bond donors (Lipinski definition) is 1. The van der Waals surface area contributed by atoms with Crippen molar-refractivity contribution in [2.75, 3.05) is 11.9 Å². The van der Waals surface area contributed by atoms with Gasteiger partial charge in [-0.25, -0.2) is 9.98 Å². The van der Waals surface area contributed by atoms with Crippen LogP contribution in [0.25, 0.3) is 11.0 Å². The van der Waals surface area contributed by atoms with Crippen LogP contribution in [0, 0.1) is 11.3 Å². The van der Waals surface area contributed by atoms with E-state index in [1.807, 2.05) is 7.05 Å². The first-order valence-electron chi connectivity index (χ1n) is 11.1. The van der Waals surface area contributed by atoms with E-state index in [1.165, 1.54) is 0 Å². The highest BCUT2D eigenvalue weighted by atomic mass is 35.5. The van der Waals surface area contributed by atoms with Gasteiger partial charge in [-0.05, 0) is 67.1 Å². The van der Waals surface area contributed by atoms with Gasteiger partial charge in [-0.2, -0.15) is 5.26 Å². The summed E-state index contributed by atoms with van der Waals surface area (Å²) in [6, 6.07) is 21.0. The number of carbonyl (C=O) groups is 2. The molecule has 0 bridgehead atoms. The molecule has 180 valence electrons. The average molecular weight is 500 g/mol. The molecule has 1 aromatic heterocycles. The van der Waals surface area contributed by atoms with Crippen molar-refractivity contribution in [3.63, 3.8) is 0 Å². The number of nitrogens with one attached hydrogen (secondary N) is 1. The minimum atomic E-state index is -0.292. The second kappa shape index (κ2) is 10.8. The van der Waals surface area contributed by atoms with Gasteiger partial charge < -0.3 is 14.6 Å². The highest BCUT2D eigenvalue weighted by Gasteiger charge is 2.15. The Labute approximate surface area is 212 Å². The van der Waals surface area contributed by atoms with Crippen LogP contribution >= 0.6 is 11.6 Å². The molecule has 1 N–H and O–H groups in total. The Morgan fingerprint density at radius 3 is 2.50 bits per heavy atom. The summed E-state index contributed by atoms with van der Waals surface area (Å²) in [5, 5.41) is 12.0. The molecule has 3 aromatic carbocycles. The number of aromatic nitrogens is 2. The molecule has 0 aliphatic heterocycles. The second-order valence-corrected chi connectivity index (χ2v) is 8.25. The van der Waals surface area contributed by atoms with E-state index in [2.05, 4.69) is 21.4 Å². The van der Waals surface area contributed by atoms with E-state index in [4.69, 9.17) is 21.6 Å². The fraction of sp³-hybridized carbons (Fsp3) is 0.148. The molecule has 0 saturated carbocycles. The number of nitriles is 1. The number of hydrogen-bond acceptors (Lipinski definition) is 6. The van der Waals surface area contributed by atoms with Gasteiger partial charge in [0, 0.05) is 18.3 Å². The number of aryl methyl sites for hydroxylation is 1. The van der Waals surface area contributed by atoms with E-state index in [1.54, 1.807) is 78.2 Å². The molecule has 9 heteroatoms. The number of imidazole rings is 1. The maximum atomic E-state index is 12.8. The number of amides is 1. The van der Waals surface area contributed by atoms with Gasteiger partial charge in [-0.1, -0.05) is 23.7 Å². The average Bonchev–Trinajstić information content (AvgIpc) is 3.21. The van der Waals surface area contributed by atoms with Crippen LogP contribution in [0.1, 0.15) is 34.2 Å². The number of benzene rings is 3. The summed E-state index contributed by atoms with van der Waals surface area (Å²) in [7, 11) is 1.82. The van der Waals surface area contributed by atoms with Crippen molar-refractivity contribution >= 4 is 51.1 Å². The maximum absolute atomic E-state index is 12.8. The molecule has 4 aromatic rings. The third kappa shape index (κ3) is 5.59. The lowest BCUT2D eigenvalue weighted by atomic mass is 10.1. The molecule has 0 aliphatic carbocycles. The summed E-state index contributed by atoms with van der Waals surface area (Å²) in [6.45, 7) is 2.10. The maximum Gasteiger partial charge on any atom is 0.310 e. The lowest BCUT2D eigenvalue weighted by Crippen LogP contribution is -2.12. The van der Waals surface area contributed by atoms with Crippen molar-refractivity contribution in [3.05, 3.63) is 89.2 Å². The highest BCUT2D eigenvalue weighted by Crippen LogP contribution is 2.22. The van der Waals surface area contributed by atoms with Crippen LogP contribution < -0.4 is 5.32 Å². The fourth-order valence-corrected chi connectivity index (χ4v) is 3.85. The molecule has 8 nitrogen and oxygen atoms in total. The van der Waals surface area contributed by atoms with Gasteiger partial charge in [-0.15, -0.1) is 0 Å². The predicted molar refractivity (Wildman–Crippen MR) is 139 cm³/mol. The minimum absolute atomic E-state index is 0.178. The van der Waals surface area contributed by atoms with Crippen LogP contribution in [0.5, 0.6) is 0 Å². The van der Waals surface area contributed by atoms with Gasteiger partial charge in [-0.3, -0.25) is 9.59 Å². The van der Waals surface area contributed by atoms with Crippen molar-refractivity contribution in [2.24, 2.45) is 12.0 Å². The quantitative estimate of drug-likeness (QED) is 0.280. The zero-order valence-electron chi connectivity index (χ0n) is 19.7. The van der Waals surface area contributed by atoms with E-state index in [0.29, 0.717) is 40.4 Å². The van der Waals surface area contributed by atoms with E-state index < -0.39 is 0 Å².